The molecule has 2 atom stereocenters. The summed E-state index contributed by atoms with van der Waals surface area (Å²) in [4.78, 5) is 24.4. The van der Waals surface area contributed by atoms with Crippen LogP contribution in [0, 0.1) is 0 Å². The van der Waals surface area contributed by atoms with E-state index in [1.54, 1.807) is 55.5 Å². The zero-order valence-corrected chi connectivity index (χ0v) is 14.0. The van der Waals surface area contributed by atoms with E-state index >= 15 is 0 Å². The van der Waals surface area contributed by atoms with Gasteiger partial charge in [-0.2, -0.15) is 0 Å². The van der Waals surface area contributed by atoms with Crippen LogP contribution in [-0.4, -0.2) is 36.9 Å². The van der Waals surface area contributed by atoms with Crippen molar-refractivity contribution >= 4 is 11.9 Å². The first kappa shape index (κ1) is 17.2. The van der Waals surface area contributed by atoms with Crippen LogP contribution in [0.4, 0.5) is 0 Å². The van der Waals surface area contributed by atoms with E-state index in [1.165, 1.54) is 0 Å². The maximum absolute atomic E-state index is 12.3. The smallest absolute Gasteiger partial charge is 0.338 e. The van der Waals surface area contributed by atoms with Crippen LogP contribution in [0.2, 0.25) is 0 Å². The van der Waals surface area contributed by atoms with Crippen molar-refractivity contribution in [2.24, 2.45) is 0 Å². The van der Waals surface area contributed by atoms with Gasteiger partial charge in [-0.25, -0.2) is 9.59 Å². The maximum atomic E-state index is 12.3. The second-order valence-corrected chi connectivity index (χ2v) is 6.15. The molecule has 1 heterocycles. The first-order chi connectivity index (χ1) is 12.1. The van der Waals surface area contributed by atoms with Gasteiger partial charge in [-0.05, 0) is 31.2 Å². The van der Waals surface area contributed by atoms with Gasteiger partial charge in [0.05, 0.1) is 17.7 Å². The van der Waals surface area contributed by atoms with Crippen LogP contribution in [-0.2, 0) is 14.2 Å². The number of benzene rings is 2. The Hall–Kier alpha value is -2.66. The predicted molar refractivity (Wildman–Crippen MR) is 91.3 cm³/mol. The lowest BCUT2D eigenvalue weighted by Crippen LogP contribution is -2.43. The van der Waals surface area contributed by atoms with E-state index in [0.29, 0.717) is 24.2 Å². The van der Waals surface area contributed by atoms with Crippen molar-refractivity contribution in [3.63, 3.8) is 0 Å². The van der Waals surface area contributed by atoms with E-state index in [2.05, 4.69) is 0 Å². The van der Waals surface area contributed by atoms with Gasteiger partial charge < -0.3 is 14.2 Å². The molecule has 0 unspecified atom stereocenters. The number of rotatable bonds is 5. The lowest BCUT2D eigenvalue weighted by atomic mass is 10.00. The third-order valence-electron chi connectivity index (χ3n) is 4.25. The van der Waals surface area contributed by atoms with E-state index < -0.39 is 23.6 Å². The van der Waals surface area contributed by atoms with Gasteiger partial charge in [-0.15, -0.1) is 0 Å². The minimum Gasteiger partial charge on any atom is -0.459 e. The molecule has 5 heteroatoms. The molecule has 0 N–H and O–H groups in total. The Morgan fingerprint density at radius 1 is 1.00 bits per heavy atom. The molecule has 0 amide bonds. The number of hydrogen-bond acceptors (Lipinski definition) is 5. The fraction of sp³-hybridized carbons (Fsp3) is 0.300. The van der Waals surface area contributed by atoms with Gasteiger partial charge in [-0.1, -0.05) is 36.4 Å². The SMILES string of the molecule is C[C@]1(COC(=O)c2ccccc2)OCC[C@@H]1OC(=O)c1ccccc1. The van der Waals surface area contributed by atoms with E-state index in [0.717, 1.165) is 0 Å². The van der Waals surface area contributed by atoms with Crippen molar-refractivity contribution in [1.82, 2.24) is 0 Å². The number of esters is 2. The Morgan fingerprint density at radius 3 is 2.16 bits per heavy atom. The molecule has 2 aromatic rings. The van der Waals surface area contributed by atoms with Crippen molar-refractivity contribution in [3.8, 4) is 0 Å². The number of carbonyl (C=O) groups is 2. The zero-order valence-electron chi connectivity index (χ0n) is 14.0. The summed E-state index contributed by atoms with van der Waals surface area (Å²) in [5, 5.41) is 0. The van der Waals surface area contributed by atoms with Gasteiger partial charge in [0.2, 0.25) is 0 Å². The molecule has 0 aliphatic carbocycles. The molecule has 0 saturated carbocycles. The first-order valence-corrected chi connectivity index (χ1v) is 8.21. The van der Waals surface area contributed by atoms with Gasteiger partial charge in [0.1, 0.15) is 18.3 Å². The summed E-state index contributed by atoms with van der Waals surface area (Å²) in [6.07, 6.45) is 0.0987. The van der Waals surface area contributed by atoms with Crippen LogP contribution in [0.25, 0.3) is 0 Å². The minimum atomic E-state index is -0.852. The molecule has 1 saturated heterocycles. The molecule has 3 rings (SSSR count). The Labute approximate surface area is 146 Å². The number of ether oxygens (including phenoxy) is 3. The van der Waals surface area contributed by atoms with Gasteiger partial charge >= 0.3 is 11.9 Å². The molecule has 1 fully saturated rings. The van der Waals surface area contributed by atoms with Gasteiger partial charge in [0.15, 0.2) is 0 Å². The number of hydrogen-bond donors (Lipinski definition) is 0. The highest BCUT2D eigenvalue weighted by Gasteiger charge is 2.44. The fourth-order valence-electron chi connectivity index (χ4n) is 2.75. The largest absolute Gasteiger partial charge is 0.459 e. The summed E-state index contributed by atoms with van der Waals surface area (Å²) in [6.45, 7) is 2.26. The highest BCUT2D eigenvalue weighted by Crippen LogP contribution is 2.30. The molecule has 0 radical (unpaired) electrons. The highest BCUT2D eigenvalue weighted by atomic mass is 16.6. The third-order valence-corrected chi connectivity index (χ3v) is 4.25. The van der Waals surface area contributed by atoms with E-state index in [-0.39, 0.29) is 6.61 Å². The minimum absolute atomic E-state index is 0.0213. The lowest BCUT2D eigenvalue weighted by Gasteiger charge is -2.29. The Kier molecular flexibility index (Phi) is 5.14. The quantitative estimate of drug-likeness (QED) is 0.782. The van der Waals surface area contributed by atoms with Crippen molar-refractivity contribution < 1.29 is 23.8 Å². The highest BCUT2D eigenvalue weighted by molar-refractivity contribution is 5.90. The molecule has 0 bridgehead atoms. The average Bonchev–Trinajstić information content (AvgIpc) is 3.02. The van der Waals surface area contributed by atoms with Crippen LogP contribution in [0.1, 0.15) is 34.1 Å². The Morgan fingerprint density at radius 2 is 1.56 bits per heavy atom. The predicted octanol–water partition coefficient (Wildman–Crippen LogP) is 3.25. The molecular formula is C20H20O5. The molecule has 1 aliphatic rings. The van der Waals surface area contributed by atoms with Gasteiger partial charge in [0.25, 0.3) is 0 Å². The van der Waals surface area contributed by atoms with Crippen LogP contribution < -0.4 is 0 Å². The summed E-state index contributed by atoms with van der Waals surface area (Å²) < 4.78 is 16.7. The summed E-state index contributed by atoms with van der Waals surface area (Å²) in [5.41, 5.74) is 0.106. The monoisotopic (exact) mass is 340 g/mol. The van der Waals surface area contributed by atoms with Gasteiger partial charge in [0, 0.05) is 6.42 Å². The third kappa shape index (κ3) is 4.06. The Balaban J connectivity index is 1.61. The van der Waals surface area contributed by atoms with E-state index in [9.17, 15) is 9.59 Å². The van der Waals surface area contributed by atoms with Crippen molar-refractivity contribution in [2.75, 3.05) is 13.2 Å². The molecule has 130 valence electrons. The molecule has 5 nitrogen and oxygen atoms in total. The van der Waals surface area contributed by atoms with Crippen molar-refractivity contribution in [2.45, 2.75) is 25.0 Å². The topological polar surface area (TPSA) is 61.8 Å². The maximum Gasteiger partial charge on any atom is 0.338 e. The summed E-state index contributed by atoms with van der Waals surface area (Å²) in [6, 6.07) is 17.5. The zero-order chi connectivity index (χ0) is 17.7. The molecule has 25 heavy (non-hydrogen) atoms. The van der Waals surface area contributed by atoms with E-state index in [1.807, 2.05) is 12.1 Å². The summed E-state index contributed by atoms with van der Waals surface area (Å²) in [5.74, 6) is -0.831. The lowest BCUT2D eigenvalue weighted by molar-refractivity contribution is -0.0886. The fourth-order valence-corrected chi connectivity index (χ4v) is 2.75. The van der Waals surface area contributed by atoms with Crippen LogP contribution in [0.3, 0.4) is 0 Å². The van der Waals surface area contributed by atoms with Crippen molar-refractivity contribution in [3.05, 3.63) is 71.8 Å². The van der Waals surface area contributed by atoms with Crippen LogP contribution in [0.5, 0.6) is 0 Å². The molecule has 0 aromatic heterocycles. The average molecular weight is 340 g/mol. The summed E-state index contributed by atoms with van der Waals surface area (Å²) in [7, 11) is 0. The normalized spacial score (nSPS) is 22.4. The van der Waals surface area contributed by atoms with Crippen LogP contribution >= 0.6 is 0 Å². The standard InChI is InChI=1S/C20H20O5/c1-20(14-23-18(21)15-8-4-2-5-9-15)17(12-13-24-20)25-19(22)16-10-6-3-7-11-16/h2-11,17H,12-14H2,1H3/t17-,20+/m0/s1. The second kappa shape index (κ2) is 7.49. The Bertz CT molecular complexity index is 728. The molecular weight excluding hydrogens is 320 g/mol. The van der Waals surface area contributed by atoms with Crippen LogP contribution in [0.15, 0.2) is 60.7 Å². The summed E-state index contributed by atoms with van der Waals surface area (Å²) >= 11 is 0. The molecule has 2 aromatic carbocycles. The molecule has 1 aliphatic heterocycles. The molecule has 0 spiro atoms. The van der Waals surface area contributed by atoms with Gasteiger partial charge in [-0.3, -0.25) is 0 Å². The number of carbonyl (C=O) groups excluding carboxylic acids is 2. The van der Waals surface area contributed by atoms with Crippen molar-refractivity contribution in [1.29, 1.82) is 0 Å². The first-order valence-electron chi connectivity index (χ1n) is 8.21. The van der Waals surface area contributed by atoms with E-state index in [4.69, 9.17) is 14.2 Å². The second-order valence-electron chi connectivity index (χ2n) is 6.15.